The molecule has 82 valence electrons. The molecule has 0 bridgehead atoms. The van der Waals surface area contributed by atoms with Crippen molar-refractivity contribution in [3.05, 3.63) is 30.0 Å². The molecule has 0 atom stereocenters. The molecule has 0 amide bonds. The average Bonchev–Trinajstić information content (AvgIpc) is 2.63. The summed E-state index contributed by atoms with van der Waals surface area (Å²) in [4.78, 5) is 0. The largest absolute Gasteiger partial charge is 0.508 e. The lowest BCUT2D eigenvalue weighted by Crippen LogP contribution is -1.68. The first kappa shape index (κ1) is 10.2. The molecule has 0 aliphatic carbocycles. The Balaban J connectivity index is 2.23. The molecule has 0 saturated carbocycles. The van der Waals surface area contributed by atoms with Crippen LogP contribution < -0.4 is 0 Å². The van der Waals surface area contributed by atoms with Gasteiger partial charge in [-0.05, 0) is 19.1 Å². The standard InChI is InChI=1S/C10H9N3O3/c1-6-4-10(13-16-6)12-11-8-3-2-7(14)5-9(8)15/h2-5,14-15H,1H3. The molecule has 1 aromatic carbocycles. The molecule has 0 fully saturated rings. The normalized spacial score (nSPS) is 11.1. The predicted octanol–water partition coefficient (Wildman–Crippen LogP) is 2.81. The van der Waals surface area contributed by atoms with Crippen molar-refractivity contribution in [2.24, 2.45) is 10.2 Å². The molecular formula is C10H9N3O3. The van der Waals surface area contributed by atoms with Crippen LogP contribution in [0, 0.1) is 6.92 Å². The number of hydrogen-bond acceptors (Lipinski definition) is 6. The van der Waals surface area contributed by atoms with Gasteiger partial charge in [-0.1, -0.05) is 5.16 Å². The smallest absolute Gasteiger partial charge is 0.216 e. The fourth-order valence-electron chi connectivity index (χ4n) is 1.10. The molecule has 16 heavy (non-hydrogen) atoms. The third kappa shape index (κ3) is 2.17. The molecule has 6 nitrogen and oxygen atoms in total. The molecule has 0 aliphatic heterocycles. The Hall–Kier alpha value is -2.37. The first-order valence-corrected chi connectivity index (χ1v) is 4.52. The fourth-order valence-corrected chi connectivity index (χ4v) is 1.10. The zero-order chi connectivity index (χ0) is 11.5. The molecule has 0 radical (unpaired) electrons. The van der Waals surface area contributed by atoms with Crippen molar-refractivity contribution in [3.63, 3.8) is 0 Å². The summed E-state index contributed by atoms with van der Waals surface area (Å²) in [5, 5.41) is 29.6. The van der Waals surface area contributed by atoms with Crippen LogP contribution in [-0.2, 0) is 0 Å². The minimum absolute atomic E-state index is 0.0336. The molecule has 1 aromatic heterocycles. The highest BCUT2D eigenvalue weighted by Crippen LogP contribution is 2.30. The number of aryl methyl sites for hydroxylation is 1. The second kappa shape index (κ2) is 4.01. The van der Waals surface area contributed by atoms with Crippen LogP contribution in [0.15, 0.2) is 39.0 Å². The van der Waals surface area contributed by atoms with Gasteiger partial charge in [-0.2, -0.15) is 0 Å². The summed E-state index contributed by atoms with van der Waals surface area (Å²) < 4.78 is 4.80. The Morgan fingerprint density at radius 1 is 1.19 bits per heavy atom. The van der Waals surface area contributed by atoms with Crippen molar-refractivity contribution in [2.45, 2.75) is 6.92 Å². The number of phenols is 2. The Morgan fingerprint density at radius 3 is 2.62 bits per heavy atom. The summed E-state index contributed by atoms with van der Waals surface area (Å²) >= 11 is 0. The van der Waals surface area contributed by atoms with E-state index < -0.39 is 0 Å². The lowest BCUT2D eigenvalue weighted by molar-refractivity contribution is 0.399. The van der Waals surface area contributed by atoms with E-state index in [0.717, 1.165) is 0 Å². The highest BCUT2D eigenvalue weighted by atomic mass is 16.5. The maximum Gasteiger partial charge on any atom is 0.216 e. The maximum absolute atomic E-state index is 9.42. The lowest BCUT2D eigenvalue weighted by atomic mass is 10.3. The number of hydrogen-bond donors (Lipinski definition) is 2. The molecule has 1 heterocycles. The third-order valence-electron chi connectivity index (χ3n) is 1.83. The summed E-state index contributed by atoms with van der Waals surface area (Å²) in [5.41, 5.74) is 0.249. The summed E-state index contributed by atoms with van der Waals surface area (Å²) in [5.74, 6) is 0.770. The minimum atomic E-state index is -0.149. The second-order valence-electron chi connectivity index (χ2n) is 3.17. The van der Waals surface area contributed by atoms with Crippen LogP contribution in [0.3, 0.4) is 0 Å². The molecular weight excluding hydrogens is 210 g/mol. The van der Waals surface area contributed by atoms with Gasteiger partial charge in [0.2, 0.25) is 5.82 Å². The Labute approximate surface area is 90.9 Å². The van der Waals surface area contributed by atoms with Crippen molar-refractivity contribution in [3.8, 4) is 11.5 Å². The van der Waals surface area contributed by atoms with Gasteiger partial charge in [0.15, 0.2) is 0 Å². The van der Waals surface area contributed by atoms with Crippen LogP contribution in [-0.4, -0.2) is 15.4 Å². The van der Waals surface area contributed by atoms with Crippen LogP contribution in [0.5, 0.6) is 11.5 Å². The average molecular weight is 219 g/mol. The molecule has 0 spiro atoms. The van der Waals surface area contributed by atoms with E-state index in [4.69, 9.17) is 9.63 Å². The number of nitrogens with zero attached hydrogens (tertiary/aromatic N) is 3. The van der Waals surface area contributed by atoms with Crippen molar-refractivity contribution in [1.29, 1.82) is 0 Å². The summed E-state index contributed by atoms with van der Waals surface area (Å²) in [6, 6.07) is 5.65. The van der Waals surface area contributed by atoms with E-state index in [2.05, 4.69) is 15.4 Å². The zero-order valence-corrected chi connectivity index (χ0v) is 8.45. The van der Waals surface area contributed by atoms with Gasteiger partial charge in [0.25, 0.3) is 0 Å². The summed E-state index contributed by atoms with van der Waals surface area (Å²) in [6.45, 7) is 1.74. The molecule has 2 N–H and O–H groups in total. The SMILES string of the molecule is Cc1cc(N=Nc2ccc(O)cc2O)no1. The molecule has 2 aromatic rings. The van der Waals surface area contributed by atoms with Gasteiger partial charge in [-0.3, -0.25) is 0 Å². The Kier molecular flexibility index (Phi) is 2.55. The van der Waals surface area contributed by atoms with Crippen molar-refractivity contribution in [1.82, 2.24) is 5.16 Å². The third-order valence-corrected chi connectivity index (χ3v) is 1.83. The first-order chi connectivity index (χ1) is 7.65. The van der Waals surface area contributed by atoms with Gasteiger partial charge in [-0.15, -0.1) is 10.2 Å². The lowest BCUT2D eigenvalue weighted by Gasteiger charge is -1.96. The van der Waals surface area contributed by atoms with E-state index in [1.807, 2.05) is 0 Å². The van der Waals surface area contributed by atoms with E-state index in [0.29, 0.717) is 11.6 Å². The van der Waals surface area contributed by atoms with Crippen molar-refractivity contribution in [2.75, 3.05) is 0 Å². The zero-order valence-electron chi connectivity index (χ0n) is 8.45. The number of rotatable bonds is 2. The monoisotopic (exact) mass is 219 g/mol. The van der Waals surface area contributed by atoms with E-state index in [1.165, 1.54) is 18.2 Å². The maximum atomic E-state index is 9.42. The van der Waals surface area contributed by atoms with Crippen molar-refractivity contribution < 1.29 is 14.7 Å². The van der Waals surface area contributed by atoms with Crippen LogP contribution >= 0.6 is 0 Å². The topological polar surface area (TPSA) is 91.2 Å². The Morgan fingerprint density at radius 2 is 2.00 bits per heavy atom. The van der Waals surface area contributed by atoms with Gasteiger partial charge in [0, 0.05) is 12.1 Å². The molecule has 0 aliphatic rings. The number of azo groups is 1. The number of aromatic nitrogens is 1. The van der Waals surface area contributed by atoms with Crippen LogP contribution in [0.2, 0.25) is 0 Å². The molecule has 6 heteroatoms. The van der Waals surface area contributed by atoms with Crippen LogP contribution in [0.4, 0.5) is 11.5 Å². The number of benzene rings is 1. The highest BCUT2D eigenvalue weighted by molar-refractivity contribution is 5.53. The molecule has 2 rings (SSSR count). The van der Waals surface area contributed by atoms with E-state index in [1.54, 1.807) is 13.0 Å². The van der Waals surface area contributed by atoms with Crippen molar-refractivity contribution >= 4 is 11.5 Å². The fraction of sp³-hybridized carbons (Fsp3) is 0.100. The van der Waals surface area contributed by atoms with E-state index in [-0.39, 0.29) is 17.2 Å². The predicted molar refractivity (Wildman–Crippen MR) is 55.2 cm³/mol. The molecule has 0 saturated heterocycles. The second-order valence-corrected chi connectivity index (χ2v) is 3.17. The van der Waals surface area contributed by atoms with Gasteiger partial charge < -0.3 is 14.7 Å². The summed E-state index contributed by atoms with van der Waals surface area (Å²) in [7, 11) is 0. The molecule has 0 unspecified atom stereocenters. The van der Waals surface area contributed by atoms with E-state index >= 15 is 0 Å². The van der Waals surface area contributed by atoms with Gasteiger partial charge in [0.1, 0.15) is 22.9 Å². The Bertz CT molecular complexity index is 534. The van der Waals surface area contributed by atoms with Gasteiger partial charge >= 0.3 is 0 Å². The summed E-state index contributed by atoms with van der Waals surface area (Å²) in [6.07, 6.45) is 0. The van der Waals surface area contributed by atoms with E-state index in [9.17, 15) is 5.11 Å². The van der Waals surface area contributed by atoms with Crippen LogP contribution in [0.1, 0.15) is 5.76 Å². The van der Waals surface area contributed by atoms with Gasteiger partial charge in [-0.25, -0.2) is 0 Å². The number of aromatic hydroxyl groups is 2. The first-order valence-electron chi connectivity index (χ1n) is 4.52. The number of phenolic OH excluding ortho intramolecular Hbond substituents is 2. The quantitative estimate of drug-likeness (QED) is 0.759. The highest BCUT2D eigenvalue weighted by Gasteiger charge is 2.02. The van der Waals surface area contributed by atoms with Gasteiger partial charge in [0.05, 0.1) is 0 Å². The van der Waals surface area contributed by atoms with Crippen LogP contribution in [0.25, 0.3) is 0 Å². The minimum Gasteiger partial charge on any atom is -0.508 e.